The third kappa shape index (κ3) is 6.22. The topological polar surface area (TPSA) is 71.3 Å². The molecule has 32 heavy (non-hydrogen) atoms. The Morgan fingerprint density at radius 2 is 1.69 bits per heavy atom. The molecule has 3 rings (SSSR count). The van der Waals surface area contributed by atoms with Crippen molar-refractivity contribution in [2.45, 2.75) is 13.8 Å². The molecule has 1 N–H and O–H groups in total. The first-order chi connectivity index (χ1) is 15.5. The summed E-state index contributed by atoms with van der Waals surface area (Å²) in [5, 5.41) is 12.3. The number of benzene rings is 3. The van der Waals surface area contributed by atoms with Crippen molar-refractivity contribution in [2.75, 3.05) is 18.5 Å². The van der Waals surface area contributed by atoms with E-state index in [1.165, 1.54) is 6.08 Å². The molecule has 3 aromatic carbocycles. The second kappa shape index (κ2) is 11.2. The van der Waals surface area contributed by atoms with Crippen LogP contribution in [0.1, 0.15) is 16.7 Å². The minimum atomic E-state index is -0.483. The summed E-state index contributed by atoms with van der Waals surface area (Å²) in [6.07, 6.45) is 1.52. The van der Waals surface area contributed by atoms with Crippen molar-refractivity contribution in [3.05, 3.63) is 93.5 Å². The average molecular weight is 491 g/mol. The Hall–Kier alpha value is -3.56. The van der Waals surface area contributed by atoms with E-state index in [4.69, 9.17) is 9.47 Å². The standard InChI is InChI=1S/C26H23BrN2O3/c1-18-7-6-8-19(2)25(18)32-14-13-31-24-12-11-22(27)16-20(24)15-21(17-28)26(30)29-23-9-4-3-5-10-23/h3-12,15-16H,13-14H2,1-2H3,(H,29,30). The molecule has 0 heterocycles. The number of nitrogens with zero attached hydrogens (tertiary/aromatic N) is 1. The van der Waals surface area contributed by atoms with Gasteiger partial charge in [-0.2, -0.15) is 5.26 Å². The lowest BCUT2D eigenvalue weighted by molar-refractivity contribution is -0.112. The Balaban J connectivity index is 1.71. The Bertz CT molecular complexity index is 1150. The fraction of sp³-hybridized carbons (Fsp3) is 0.154. The van der Waals surface area contributed by atoms with Crippen LogP contribution in [0.25, 0.3) is 6.08 Å². The summed E-state index contributed by atoms with van der Waals surface area (Å²) in [5.41, 5.74) is 3.35. The first kappa shape index (κ1) is 23.1. The molecule has 0 aliphatic rings. The summed E-state index contributed by atoms with van der Waals surface area (Å²) in [6, 6.07) is 22.4. The molecule has 162 valence electrons. The van der Waals surface area contributed by atoms with Crippen LogP contribution in [0.4, 0.5) is 5.69 Å². The maximum atomic E-state index is 12.6. The van der Waals surface area contributed by atoms with Crippen molar-refractivity contribution in [2.24, 2.45) is 0 Å². The highest BCUT2D eigenvalue weighted by Crippen LogP contribution is 2.26. The van der Waals surface area contributed by atoms with E-state index in [2.05, 4.69) is 21.2 Å². The molecule has 0 spiro atoms. The van der Waals surface area contributed by atoms with E-state index >= 15 is 0 Å². The predicted octanol–water partition coefficient (Wildman–Crippen LogP) is 6.07. The van der Waals surface area contributed by atoms with Gasteiger partial charge in [-0.15, -0.1) is 0 Å². The van der Waals surface area contributed by atoms with Crippen LogP contribution in [0.15, 0.2) is 76.8 Å². The molecule has 1 amide bonds. The number of amides is 1. The lowest BCUT2D eigenvalue weighted by Gasteiger charge is -2.14. The molecule has 0 bridgehead atoms. The summed E-state index contributed by atoms with van der Waals surface area (Å²) in [4.78, 5) is 12.6. The highest BCUT2D eigenvalue weighted by Gasteiger charge is 2.12. The van der Waals surface area contributed by atoms with E-state index in [9.17, 15) is 10.1 Å². The number of anilines is 1. The van der Waals surface area contributed by atoms with E-state index in [0.29, 0.717) is 30.2 Å². The van der Waals surface area contributed by atoms with Crippen LogP contribution in [0, 0.1) is 25.2 Å². The van der Waals surface area contributed by atoms with Gasteiger partial charge in [0.05, 0.1) is 0 Å². The highest BCUT2D eigenvalue weighted by atomic mass is 79.9. The van der Waals surface area contributed by atoms with Gasteiger partial charge < -0.3 is 14.8 Å². The van der Waals surface area contributed by atoms with Crippen LogP contribution >= 0.6 is 15.9 Å². The van der Waals surface area contributed by atoms with Crippen molar-refractivity contribution in [3.63, 3.8) is 0 Å². The number of carbonyl (C=O) groups excluding carboxylic acids is 1. The molecular weight excluding hydrogens is 468 g/mol. The molecule has 3 aromatic rings. The predicted molar refractivity (Wildman–Crippen MR) is 130 cm³/mol. The van der Waals surface area contributed by atoms with Gasteiger partial charge in [-0.3, -0.25) is 4.79 Å². The zero-order chi connectivity index (χ0) is 22.9. The first-order valence-electron chi connectivity index (χ1n) is 10.1. The monoisotopic (exact) mass is 490 g/mol. The number of aryl methyl sites for hydroxylation is 2. The number of hydrogen-bond donors (Lipinski definition) is 1. The number of rotatable bonds is 8. The van der Waals surface area contributed by atoms with Gasteiger partial charge in [0.2, 0.25) is 0 Å². The summed E-state index contributed by atoms with van der Waals surface area (Å²) >= 11 is 3.43. The Kier molecular flexibility index (Phi) is 8.07. The maximum absolute atomic E-state index is 12.6. The van der Waals surface area contributed by atoms with Gasteiger partial charge in [0.15, 0.2) is 0 Å². The molecule has 0 aliphatic carbocycles. The zero-order valence-electron chi connectivity index (χ0n) is 17.9. The quantitative estimate of drug-likeness (QED) is 0.236. The third-order valence-corrected chi connectivity index (χ3v) is 5.16. The summed E-state index contributed by atoms with van der Waals surface area (Å²) in [7, 11) is 0. The SMILES string of the molecule is Cc1cccc(C)c1OCCOc1ccc(Br)cc1C=C(C#N)C(=O)Nc1ccccc1. The van der Waals surface area contributed by atoms with Crippen LogP contribution in [0.3, 0.4) is 0 Å². The Morgan fingerprint density at radius 3 is 2.38 bits per heavy atom. The lowest BCUT2D eigenvalue weighted by atomic mass is 10.1. The maximum Gasteiger partial charge on any atom is 0.266 e. The molecule has 0 unspecified atom stereocenters. The summed E-state index contributed by atoms with van der Waals surface area (Å²) in [5.74, 6) is 0.929. The van der Waals surface area contributed by atoms with Crippen molar-refractivity contribution in [3.8, 4) is 17.6 Å². The zero-order valence-corrected chi connectivity index (χ0v) is 19.5. The van der Waals surface area contributed by atoms with Crippen LogP contribution in [-0.2, 0) is 4.79 Å². The number of carbonyl (C=O) groups is 1. The van der Waals surface area contributed by atoms with Gasteiger partial charge >= 0.3 is 0 Å². The molecule has 0 aromatic heterocycles. The fourth-order valence-electron chi connectivity index (χ4n) is 3.11. The minimum absolute atomic E-state index is 0.0245. The van der Waals surface area contributed by atoms with Crippen LogP contribution in [-0.4, -0.2) is 19.1 Å². The van der Waals surface area contributed by atoms with Gasteiger partial charge in [-0.05, 0) is 61.4 Å². The number of nitriles is 1. The van der Waals surface area contributed by atoms with Gasteiger partial charge in [-0.25, -0.2) is 0 Å². The van der Waals surface area contributed by atoms with Gasteiger partial charge in [0.25, 0.3) is 5.91 Å². The van der Waals surface area contributed by atoms with E-state index in [1.807, 2.05) is 62.4 Å². The van der Waals surface area contributed by atoms with Gasteiger partial charge in [0, 0.05) is 15.7 Å². The number of para-hydroxylation sites is 2. The lowest BCUT2D eigenvalue weighted by Crippen LogP contribution is -2.13. The number of nitrogens with one attached hydrogen (secondary N) is 1. The molecular formula is C26H23BrN2O3. The Labute approximate surface area is 196 Å². The van der Waals surface area contributed by atoms with Crippen molar-refractivity contribution >= 4 is 33.6 Å². The molecule has 5 nitrogen and oxygen atoms in total. The van der Waals surface area contributed by atoms with Crippen LogP contribution in [0.5, 0.6) is 11.5 Å². The van der Waals surface area contributed by atoms with Crippen LogP contribution < -0.4 is 14.8 Å². The second-order valence-electron chi connectivity index (χ2n) is 7.09. The summed E-state index contributed by atoms with van der Waals surface area (Å²) < 4.78 is 12.6. The largest absolute Gasteiger partial charge is 0.489 e. The molecule has 0 atom stereocenters. The second-order valence-corrected chi connectivity index (χ2v) is 8.01. The Morgan fingerprint density at radius 1 is 1.00 bits per heavy atom. The third-order valence-electron chi connectivity index (χ3n) is 4.66. The van der Waals surface area contributed by atoms with E-state index < -0.39 is 5.91 Å². The van der Waals surface area contributed by atoms with E-state index in [0.717, 1.165) is 21.3 Å². The normalized spacial score (nSPS) is 10.9. The van der Waals surface area contributed by atoms with Crippen molar-refractivity contribution in [1.82, 2.24) is 0 Å². The number of ether oxygens (including phenoxy) is 2. The molecule has 0 saturated heterocycles. The van der Waals surface area contributed by atoms with E-state index in [1.54, 1.807) is 24.3 Å². The average Bonchev–Trinajstić information content (AvgIpc) is 2.78. The first-order valence-corrected chi connectivity index (χ1v) is 10.9. The van der Waals surface area contributed by atoms with Crippen molar-refractivity contribution < 1.29 is 14.3 Å². The molecule has 0 radical (unpaired) electrons. The van der Waals surface area contributed by atoms with Crippen LogP contribution in [0.2, 0.25) is 0 Å². The van der Waals surface area contributed by atoms with Crippen molar-refractivity contribution in [1.29, 1.82) is 5.26 Å². The van der Waals surface area contributed by atoms with E-state index in [-0.39, 0.29) is 5.57 Å². The molecule has 6 heteroatoms. The highest BCUT2D eigenvalue weighted by molar-refractivity contribution is 9.10. The molecule has 0 saturated carbocycles. The summed E-state index contributed by atoms with van der Waals surface area (Å²) in [6.45, 7) is 4.69. The van der Waals surface area contributed by atoms with Gasteiger partial charge in [0.1, 0.15) is 36.4 Å². The molecule has 0 fully saturated rings. The molecule has 0 aliphatic heterocycles. The smallest absolute Gasteiger partial charge is 0.266 e. The van der Waals surface area contributed by atoms with Gasteiger partial charge in [-0.1, -0.05) is 52.3 Å². The number of halogens is 1. The minimum Gasteiger partial charge on any atom is -0.489 e. The fourth-order valence-corrected chi connectivity index (χ4v) is 3.49. The number of hydrogen-bond acceptors (Lipinski definition) is 4.